The normalized spacial score (nSPS) is 16.7. The van der Waals surface area contributed by atoms with Crippen LogP contribution < -0.4 is 4.74 Å². The number of methoxy groups -OCH3 is 1. The first-order valence-corrected chi connectivity index (χ1v) is 12.7. The lowest BCUT2D eigenvalue weighted by molar-refractivity contribution is 0.115. The maximum absolute atomic E-state index is 13.7. The fraction of sp³-hybridized carbons (Fsp3) is 0.407. The Hall–Kier alpha value is -3.14. The number of pyridine rings is 2. The number of likely N-dealkylation sites (tertiary alicyclic amines) is 1. The summed E-state index contributed by atoms with van der Waals surface area (Å²) >= 11 is 7.01. The van der Waals surface area contributed by atoms with Gasteiger partial charge in [0.05, 0.1) is 29.5 Å². The minimum absolute atomic E-state index is 0.442. The van der Waals surface area contributed by atoms with Crippen LogP contribution in [-0.2, 0) is 19.2 Å². The van der Waals surface area contributed by atoms with Gasteiger partial charge in [-0.15, -0.1) is 5.10 Å². The Morgan fingerprint density at radius 1 is 1.16 bits per heavy atom. The molecule has 0 bridgehead atoms. The Labute approximate surface area is 220 Å². The van der Waals surface area contributed by atoms with Gasteiger partial charge in [0, 0.05) is 54.6 Å². The van der Waals surface area contributed by atoms with E-state index in [-0.39, 0.29) is 0 Å². The molecule has 0 amide bonds. The lowest BCUT2D eigenvalue weighted by atomic mass is 9.82. The maximum atomic E-state index is 13.7. The van der Waals surface area contributed by atoms with E-state index in [0.29, 0.717) is 76.8 Å². The van der Waals surface area contributed by atoms with Crippen molar-refractivity contribution in [2.75, 3.05) is 20.2 Å². The van der Waals surface area contributed by atoms with E-state index in [9.17, 15) is 9.50 Å². The third-order valence-corrected chi connectivity index (χ3v) is 7.62. The third-order valence-electron chi connectivity index (χ3n) is 7.19. The molecular weight excluding hydrogens is 495 g/mol. The number of aromatic nitrogens is 5. The standard InChI is InChI=1S/C27H30ClFN6O2/c1-16-5-7-22(17(2)31-16)27(36,24-14-30-33-34(24)3)18-6-8-23-20(13-18)25(28)21(26(32-23)37-4)15-35-11-9-19(29)10-12-35/h5-8,13-14,19,36H,9-12,15H2,1-4H3/t27-/m0/s1. The van der Waals surface area contributed by atoms with Crippen LogP contribution in [0.2, 0.25) is 5.02 Å². The number of benzene rings is 1. The molecule has 1 aliphatic heterocycles. The summed E-state index contributed by atoms with van der Waals surface area (Å²) in [5.41, 5.74) is 3.03. The largest absolute Gasteiger partial charge is 0.481 e. The molecule has 1 fully saturated rings. The van der Waals surface area contributed by atoms with Crippen molar-refractivity contribution < 1.29 is 14.2 Å². The number of aliphatic hydroxyl groups is 1. The molecule has 0 aliphatic carbocycles. The van der Waals surface area contributed by atoms with Gasteiger partial charge in [0.2, 0.25) is 5.88 Å². The number of piperidine rings is 1. The molecule has 8 nitrogen and oxygen atoms in total. The molecule has 0 saturated carbocycles. The third kappa shape index (κ3) is 4.56. The molecule has 10 heteroatoms. The molecule has 4 aromatic rings. The lowest BCUT2D eigenvalue weighted by Crippen LogP contribution is -2.34. The fourth-order valence-electron chi connectivity index (χ4n) is 5.18. The first kappa shape index (κ1) is 25.5. The van der Waals surface area contributed by atoms with Crippen molar-refractivity contribution in [2.24, 2.45) is 7.05 Å². The number of alkyl halides is 1. The summed E-state index contributed by atoms with van der Waals surface area (Å²) in [4.78, 5) is 11.5. The highest BCUT2D eigenvalue weighted by Crippen LogP contribution is 2.41. The van der Waals surface area contributed by atoms with Crippen molar-refractivity contribution in [3.8, 4) is 5.88 Å². The van der Waals surface area contributed by atoms with Gasteiger partial charge in [-0.1, -0.05) is 28.9 Å². The van der Waals surface area contributed by atoms with Crippen LogP contribution in [0.4, 0.5) is 4.39 Å². The molecule has 0 spiro atoms. The first-order chi connectivity index (χ1) is 17.7. The van der Waals surface area contributed by atoms with Crippen LogP contribution >= 0.6 is 11.6 Å². The molecule has 0 unspecified atom stereocenters. The summed E-state index contributed by atoms with van der Waals surface area (Å²) < 4.78 is 20.8. The molecule has 1 aliphatic rings. The van der Waals surface area contributed by atoms with Crippen LogP contribution in [0.15, 0.2) is 36.5 Å². The van der Waals surface area contributed by atoms with Crippen LogP contribution in [0, 0.1) is 13.8 Å². The predicted molar refractivity (Wildman–Crippen MR) is 140 cm³/mol. The number of rotatable bonds is 6. The van der Waals surface area contributed by atoms with Crippen molar-refractivity contribution >= 4 is 22.5 Å². The second-order valence-corrected chi connectivity index (χ2v) is 10.0. The van der Waals surface area contributed by atoms with Gasteiger partial charge in [-0.25, -0.2) is 14.1 Å². The average Bonchev–Trinajstić information content (AvgIpc) is 3.32. The Morgan fingerprint density at radius 3 is 2.57 bits per heavy atom. The van der Waals surface area contributed by atoms with Gasteiger partial charge in [-0.2, -0.15) is 0 Å². The Kier molecular flexibility index (Phi) is 6.87. The number of ether oxygens (including phenoxy) is 1. The van der Waals surface area contributed by atoms with Gasteiger partial charge in [-0.05, 0) is 50.5 Å². The monoisotopic (exact) mass is 524 g/mol. The van der Waals surface area contributed by atoms with Gasteiger partial charge in [0.1, 0.15) is 6.17 Å². The molecule has 1 aromatic carbocycles. The minimum Gasteiger partial charge on any atom is -0.481 e. The van der Waals surface area contributed by atoms with Gasteiger partial charge < -0.3 is 9.84 Å². The van der Waals surface area contributed by atoms with E-state index in [2.05, 4.69) is 20.2 Å². The summed E-state index contributed by atoms with van der Waals surface area (Å²) in [6.45, 7) is 5.57. The minimum atomic E-state index is -1.59. The molecule has 3 aromatic heterocycles. The van der Waals surface area contributed by atoms with Gasteiger partial charge >= 0.3 is 0 Å². The number of aryl methyl sites for hydroxylation is 3. The smallest absolute Gasteiger partial charge is 0.219 e. The molecule has 1 saturated heterocycles. The highest BCUT2D eigenvalue weighted by Gasteiger charge is 2.39. The molecule has 37 heavy (non-hydrogen) atoms. The topological polar surface area (TPSA) is 89.2 Å². The molecule has 4 heterocycles. The first-order valence-electron chi connectivity index (χ1n) is 12.3. The highest BCUT2D eigenvalue weighted by atomic mass is 35.5. The molecule has 0 radical (unpaired) electrons. The number of halogens is 2. The molecule has 5 rings (SSSR count). The maximum Gasteiger partial charge on any atom is 0.219 e. The number of fused-ring (bicyclic) bond motifs is 1. The molecular formula is C27H30ClFN6O2. The van der Waals surface area contributed by atoms with Crippen molar-refractivity contribution in [3.63, 3.8) is 0 Å². The summed E-state index contributed by atoms with van der Waals surface area (Å²) in [6, 6.07) is 9.25. The van der Waals surface area contributed by atoms with Crippen molar-refractivity contribution in [3.05, 3.63) is 75.3 Å². The lowest BCUT2D eigenvalue weighted by Gasteiger charge is -2.31. The zero-order chi connectivity index (χ0) is 26.3. The summed E-state index contributed by atoms with van der Waals surface area (Å²) in [5.74, 6) is 0.442. The van der Waals surface area contributed by atoms with Crippen LogP contribution in [0.3, 0.4) is 0 Å². The summed E-state index contributed by atoms with van der Waals surface area (Å²) in [5, 5.41) is 21.7. The second-order valence-electron chi connectivity index (χ2n) is 9.64. The van der Waals surface area contributed by atoms with E-state index in [1.807, 2.05) is 44.2 Å². The molecule has 1 atom stereocenters. The zero-order valence-electron chi connectivity index (χ0n) is 21.4. The SMILES string of the molecule is COc1nc2ccc([C@](O)(c3ccc(C)nc3C)c3cnnn3C)cc2c(Cl)c1CN1CCC(F)CC1. The van der Waals surface area contributed by atoms with Crippen molar-refractivity contribution in [2.45, 2.75) is 45.0 Å². The van der Waals surface area contributed by atoms with Gasteiger partial charge in [0.25, 0.3) is 0 Å². The zero-order valence-corrected chi connectivity index (χ0v) is 22.1. The van der Waals surface area contributed by atoms with Gasteiger partial charge in [-0.3, -0.25) is 9.88 Å². The Bertz CT molecular complexity index is 1450. The van der Waals surface area contributed by atoms with E-state index in [4.69, 9.17) is 21.3 Å². The molecule has 194 valence electrons. The van der Waals surface area contributed by atoms with Crippen molar-refractivity contribution in [1.82, 2.24) is 29.9 Å². The fourth-order valence-corrected chi connectivity index (χ4v) is 5.48. The van der Waals surface area contributed by atoms with E-state index < -0.39 is 11.8 Å². The van der Waals surface area contributed by atoms with Crippen LogP contribution in [0.5, 0.6) is 5.88 Å². The van der Waals surface area contributed by atoms with Crippen molar-refractivity contribution in [1.29, 1.82) is 0 Å². The van der Waals surface area contributed by atoms with E-state index in [0.717, 1.165) is 11.3 Å². The van der Waals surface area contributed by atoms with E-state index in [1.54, 1.807) is 25.0 Å². The quantitative estimate of drug-likeness (QED) is 0.403. The predicted octanol–water partition coefficient (Wildman–Crippen LogP) is 4.26. The second kappa shape index (κ2) is 9.96. The van der Waals surface area contributed by atoms with Crippen LogP contribution in [0.25, 0.3) is 10.9 Å². The molecule has 1 N–H and O–H groups in total. The number of hydrogen-bond acceptors (Lipinski definition) is 7. The summed E-state index contributed by atoms with van der Waals surface area (Å²) in [7, 11) is 3.31. The van der Waals surface area contributed by atoms with Crippen LogP contribution in [-0.4, -0.2) is 61.3 Å². The van der Waals surface area contributed by atoms with Gasteiger partial charge in [0.15, 0.2) is 5.60 Å². The van der Waals surface area contributed by atoms with E-state index in [1.165, 1.54) is 0 Å². The Balaban J connectivity index is 1.67. The Morgan fingerprint density at radius 2 is 1.92 bits per heavy atom. The highest BCUT2D eigenvalue weighted by molar-refractivity contribution is 6.36. The number of hydrogen-bond donors (Lipinski definition) is 1. The van der Waals surface area contributed by atoms with E-state index >= 15 is 0 Å². The average molecular weight is 525 g/mol. The number of nitrogens with zero attached hydrogens (tertiary/aromatic N) is 6. The van der Waals surface area contributed by atoms with Crippen LogP contribution in [0.1, 0.15) is 46.6 Å². The summed E-state index contributed by atoms with van der Waals surface area (Å²) in [6.07, 6.45) is 1.80.